The number of azo groups is 1. The van der Waals surface area contributed by atoms with E-state index in [9.17, 15) is 57.0 Å². The van der Waals surface area contributed by atoms with Gasteiger partial charge in [0.05, 0.1) is 16.8 Å². The molecule has 41 heavy (non-hydrogen) atoms. The molecule has 0 unspecified atom stereocenters. The second-order valence-corrected chi connectivity index (χ2v) is 13.8. The predicted octanol–water partition coefficient (Wildman–Crippen LogP) is 2.27. The van der Waals surface area contributed by atoms with Gasteiger partial charge in [-0.3, -0.25) is 18.2 Å². The van der Waals surface area contributed by atoms with Crippen molar-refractivity contribution in [3.8, 4) is 5.75 Å². The summed E-state index contributed by atoms with van der Waals surface area (Å²) in [6, 6.07) is 6.12. The summed E-state index contributed by atoms with van der Waals surface area (Å²) in [5.41, 5.74) is 8.31. The average Bonchev–Trinajstić information content (AvgIpc) is 2.81. The first-order valence-electron chi connectivity index (χ1n) is 10.4. The fraction of sp³-hybridized carbons (Fsp3) is 0. The van der Waals surface area contributed by atoms with E-state index in [1.807, 2.05) is 0 Å². The lowest BCUT2D eigenvalue weighted by Crippen LogP contribution is -2.07. The maximum atomic E-state index is 12.3. The second kappa shape index (κ2) is 9.56. The summed E-state index contributed by atoms with van der Waals surface area (Å²) in [6.07, 6.45) is 0. The van der Waals surface area contributed by atoms with E-state index in [1.54, 1.807) is 0 Å². The van der Waals surface area contributed by atoms with Crippen LogP contribution in [0.3, 0.4) is 0 Å². The number of benzene rings is 4. The van der Waals surface area contributed by atoms with Crippen LogP contribution >= 0.6 is 0 Å². The first kappa shape index (κ1) is 30.0. The first-order valence-corrected chi connectivity index (χ1v) is 16.1. The van der Waals surface area contributed by atoms with Crippen LogP contribution in [0.1, 0.15) is 0 Å². The van der Waals surface area contributed by atoms with Gasteiger partial charge in [-0.1, -0.05) is 18.2 Å². The Hall–Kier alpha value is -3.96. The van der Waals surface area contributed by atoms with Crippen molar-refractivity contribution in [1.29, 1.82) is 0 Å². The minimum absolute atomic E-state index is 0.355. The van der Waals surface area contributed by atoms with Crippen LogP contribution in [0.15, 0.2) is 72.3 Å². The van der Waals surface area contributed by atoms with E-state index in [1.165, 1.54) is 0 Å². The molecule has 4 aromatic carbocycles. The molecule has 0 aromatic heterocycles. The van der Waals surface area contributed by atoms with E-state index in [2.05, 4.69) is 10.2 Å². The molecule has 0 aliphatic carbocycles. The number of anilines is 2. The van der Waals surface area contributed by atoms with Crippen LogP contribution in [-0.2, 0) is 40.5 Å². The molecule has 0 atom stereocenters. The minimum atomic E-state index is -5.28. The van der Waals surface area contributed by atoms with Crippen molar-refractivity contribution in [1.82, 2.24) is 0 Å². The van der Waals surface area contributed by atoms with E-state index in [0.717, 1.165) is 30.3 Å². The third-order valence-corrected chi connectivity index (χ3v) is 9.30. The van der Waals surface area contributed by atoms with Crippen LogP contribution in [0.5, 0.6) is 5.75 Å². The summed E-state index contributed by atoms with van der Waals surface area (Å²) in [6.45, 7) is 0. The third kappa shape index (κ3) is 5.39. The molecule has 4 rings (SSSR count). The number of nitrogen functional groups attached to an aromatic ring is 2. The SMILES string of the molecule is Nc1c(S(=O)(=O)O)cc2cc(S(=O)(=O)O)c(N=Nc3ccc4c(S(=O)(=O)O)cccc4c3S(=O)(=O)O)c(O)c2c1N. The van der Waals surface area contributed by atoms with Crippen molar-refractivity contribution in [2.45, 2.75) is 19.6 Å². The van der Waals surface area contributed by atoms with Gasteiger partial charge in [-0.05, 0) is 29.7 Å². The number of rotatable bonds is 6. The number of hydrogen-bond donors (Lipinski definition) is 7. The lowest BCUT2D eigenvalue weighted by molar-refractivity contribution is 0.472. The van der Waals surface area contributed by atoms with E-state index in [0.29, 0.717) is 12.1 Å². The highest BCUT2D eigenvalue weighted by Crippen LogP contribution is 2.47. The standard InChI is InChI=1S/C20H16N4O13S4/c21-16-13(39(29,30)31)6-8-7-14(40(32,33)34)18(19(25)15(8)17(16)22)24-23-11-5-4-9-10(20(11)41(35,36)37)2-1-3-12(9)38(26,27)28/h1-7,25H,21-22H2,(H,26,27,28)(H,29,30,31)(H,32,33,34)(H,35,36,37). The zero-order valence-electron chi connectivity index (χ0n) is 19.7. The van der Waals surface area contributed by atoms with Crippen LogP contribution in [-0.4, -0.2) is 57.0 Å². The quantitative estimate of drug-likeness (QED) is 0.0895. The lowest BCUT2D eigenvalue weighted by atomic mass is 10.1. The molecule has 9 N–H and O–H groups in total. The van der Waals surface area contributed by atoms with E-state index < -0.39 is 105 Å². The van der Waals surface area contributed by atoms with Gasteiger partial charge in [0.25, 0.3) is 40.5 Å². The molecule has 0 aliphatic heterocycles. The highest BCUT2D eigenvalue weighted by Gasteiger charge is 2.28. The summed E-state index contributed by atoms with van der Waals surface area (Å²) >= 11 is 0. The molecule has 218 valence electrons. The number of phenolic OH excluding ortho intramolecular Hbond substituents is 1. The molecule has 0 heterocycles. The van der Waals surface area contributed by atoms with Crippen LogP contribution < -0.4 is 11.5 Å². The largest absolute Gasteiger partial charge is 0.505 e. The van der Waals surface area contributed by atoms with E-state index in [-0.39, 0.29) is 5.39 Å². The summed E-state index contributed by atoms with van der Waals surface area (Å²) in [5, 5.41) is 16.2. The molecule has 4 aromatic rings. The molecule has 0 saturated carbocycles. The molecule has 0 aliphatic rings. The van der Waals surface area contributed by atoms with Gasteiger partial charge in [-0.2, -0.15) is 33.7 Å². The van der Waals surface area contributed by atoms with Gasteiger partial charge in [0.1, 0.15) is 31.0 Å². The van der Waals surface area contributed by atoms with Gasteiger partial charge in [0, 0.05) is 10.8 Å². The third-order valence-electron chi connectivity index (χ3n) is 5.68. The second-order valence-electron chi connectivity index (χ2n) is 8.24. The number of phenols is 1. The van der Waals surface area contributed by atoms with E-state index in [4.69, 9.17) is 11.5 Å². The highest BCUT2D eigenvalue weighted by molar-refractivity contribution is 7.87. The summed E-state index contributed by atoms with van der Waals surface area (Å²) in [5.74, 6) is -1.13. The number of aromatic hydroxyl groups is 1. The number of fused-ring (bicyclic) bond motifs is 2. The fourth-order valence-corrected chi connectivity index (χ4v) is 6.87. The van der Waals surface area contributed by atoms with Crippen molar-refractivity contribution < 1.29 is 57.0 Å². The number of nitrogens with zero attached hydrogens (tertiary/aromatic N) is 2. The van der Waals surface area contributed by atoms with Gasteiger partial charge >= 0.3 is 0 Å². The fourth-order valence-electron chi connectivity index (χ4n) is 4.01. The van der Waals surface area contributed by atoms with Gasteiger partial charge in [-0.15, -0.1) is 10.2 Å². The Labute approximate surface area is 230 Å². The van der Waals surface area contributed by atoms with Crippen molar-refractivity contribution in [2.24, 2.45) is 10.2 Å². The summed E-state index contributed by atoms with van der Waals surface area (Å²) < 4.78 is 134. The summed E-state index contributed by atoms with van der Waals surface area (Å²) in [7, 11) is -20.3. The topological polar surface area (TPSA) is 314 Å². The van der Waals surface area contributed by atoms with Crippen LogP contribution in [0, 0.1) is 0 Å². The Morgan fingerprint density at radius 1 is 0.610 bits per heavy atom. The molecule has 0 amide bonds. The van der Waals surface area contributed by atoms with Crippen molar-refractivity contribution in [3.63, 3.8) is 0 Å². The maximum absolute atomic E-state index is 12.3. The Morgan fingerprint density at radius 2 is 1.17 bits per heavy atom. The van der Waals surface area contributed by atoms with Crippen LogP contribution in [0.4, 0.5) is 22.7 Å². The molecule has 0 fully saturated rings. The van der Waals surface area contributed by atoms with Gasteiger partial charge in [0.2, 0.25) is 0 Å². The molecule has 17 nitrogen and oxygen atoms in total. The first-order chi connectivity index (χ1) is 18.6. The van der Waals surface area contributed by atoms with Crippen molar-refractivity contribution in [2.75, 3.05) is 11.5 Å². The number of hydrogen-bond acceptors (Lipinski definition) is 13. The normalized spacial score (nSPS) is 13.4. The van der Waals surface area contributed by atoms with Gasteiger partial charge in [-0.25, -0.2) is 0 Å². The zero-order chi connectivity index (χ0) is 30.9. The molecule has 0 bridgehead atoms. The van der Waals surface area contributed by atoms with Crippen molar-refractivity contribution in [3.05, 3.63) is 42.5 Å². The smallest absolute Gasteiger partial charge is 0.297 e. The predicted molar refractivity (Wildman–Crippen MR) is 142 cm³/mol. The highest BCUT2D eigenvalue weighted by atomic mass is 32.2. The molecule has 0 radical (unpaired) electrons. The molecule has 21 heteroatoms. The summed E-state index contributed by atoms with van der Waals surface area (Å²) in [4.78, 5) is -3.88. The molecule has 0 saturated heterocycles. The minimum Gasteiger partial charge on any atom is -0.505 e. The van der Waals surface area contributed by atoms with Crippen LogP contribution in [0.2, 0.25) is 0 Å². The zero-order valence-corrected chi connectivity index (χ0v) is 23.0. The van der Waals surface area contributed by atoms with E-state index >= 15 is 0 Å². The maximum Gasteiger partial charge on any atom is 0.297 e. The Bertz CT molecular complexity index is 2280. The molecular weight excluding hydrogens is 633 g/mol. The lowest BCUT2D eigenvalue weighted by Gasteiger charge is -2.14. The van der Waals surface area contributed by atoms with Gasteiger partial charge < -0.3 is 16.6 Å². The molecular formula is C20H16N4O13S4. The van der Waals surface area contributed by atoms with Crippen LogP contribution in [0.25, 0.3) is 21.5 Å². The number of nitrogens with two attached hydrogens (primary N) is 2. The molecule has 0 spiro atoms. The Kier molecular flexibility index (Phi) is 7.00. The monoisotopic (exact) mass is 648 g/mol. The average molecular weight is 649 g/mol. The van der Waals surface area contributed by atoms with Gasteiger partial charge in [0.15, 0.2) is 5.75 Å². The Balaban J connectivity index is 2.09. The van der Waals surface area contributed by atoms with Crippen molar-refractivity contribution >= 4 is 84.8 Å². The Morgan fingerprint density at radius 3 is 1.71 bits per heavy atom.